The van der Waals surface area contributed by atoms with Crippen molar-refractivity contribution in [2.75, 3.05) is 5.32 Å². The molecule has 0 bridgehead atoms. The molecule has 4 rings (SSSR count). The van der Waals surface area contributed by atoms with Gasteiger partial charge in [0.1, 0.15) is 0 Å². The number of urea groups is 1. The zero-order valence-electron chi connectivity index (χ0n) is 17.2. The van der Waals surface area contributed by atoms with Crippen LogP contribution >= 0.6 is 0 Å². The third-order valence-electron chi connectivity index (χ3n) is 5.18. The van der Waals surface area contributed by atoms with E-state index in [9.17, 15) is 19.7 Å². The van der Waals surface area contributed by atoms with E-state index in [0.717, 1.165) is 16.7 Å². The maximum atomic E-state index is 13.1. The van der Waals surface area contributed by atoms with Gasteiger partial charge in [-0.15, -0.1) is 0 Å². The SMILES string of the molecule is CC1=C(C(=O)Nc2cccc([N+](=O)[O-])c2)[C@@H](c2ccc(-c3ccccc3)cc2)NC(=O)N1. The highest BCUT2D eigenvalue weighted by atomic mass is 16.6. The maximum absolute atomic E-state index is 13.1. The number of hydrogen-bond donors (Lipinski definition) is 3. The number of benzene rings is 3. The molecule has 0 aromatic heterocycles. The summed E-state index contributed by atoms with van der Waals surface area (Å²) in [4.78, 5) is 35.7. The van der Waals surface area contributed by atoms with Crippen LogP contribution < -0.4 is 16.0 Å². The van der Waals surface area contributed by atoms with Crippen molar-refractivity contribution in [3.8, 4) is 11.1 Å². The number of hydrogen-bond acceptors (Lipinski definition) is 4. The second-order valence-electron chi connectivity index (χ2n) is 7.32. The Labute approximate surface area is 184 Å². The lowest BCUT2D eigenvalue weighted by Crippen LogP contribution is -2.45. The Morgan fingerprint density at radius 2 is 1.66 bits per heavy atom. The van der Waals surface area contributed by atoms with Gasteiger partial charge in [-0.3, -0.25) is 14.9 Å². The highest BCUT2D eigenvalue weighted by Crippen LogP contribution is 2.30. The molecule has 1 atom stereocenters. The van der Waals surface area contributed by atoms with Crippen LogP contribution in [0.5, 0.6) is 0 Å². The number of carbonyl (C=O) groups excluding carboxylic acids is 2. The first-order valence-corrected chi connectivity index (χ1v) is 9.92. The summed E-state index contributed by atoms with van der Waals surface area (Å²) < 4.78 is 0. The highest BCUT2D eigenvalue weighted by Gasteiger charge is 2.31. The van der Waals surface area contributed by atoms with Crippen LogP contribution in [0.2, 0.25) is 0 Å². The fraction of sp³-hybridized carbons (Fsp3) is 0.0833. The van der Waals surface area contributed by atoms with E-state index in [0.29, 0.717) is 17.0 Å². The van der Waals surface area contributed by atoms with Crippen molar-refractivity contribution in [2.45, 2.75) is 13.0 Å². The van der Waals surface area contributed by atoms with Crippen molar-refractivity contribution < 1.29 is 14.5 Å². The van der Waals surface area contributed by atoms with E-state index in [1.54, 1.807) is 13.0 Å². The van der Waals surface area contributed by atoms with Crippen LogP contribution in [0, 0.1) is 10.1 Å². The molecule has 0 aliphatic carbocycles. The van der Waals surface area contributed by atoms with Crippen LogP contribution in [0.1, 0.15) is 18.5 Å². The molecule has 0 unspecified atom stereocenters. The fourth-order valence-corrected chi connectivity index (χ4v) is 3.64. The summed E-state index contributed by atoms with van der Waals surface area (Å²) in [7, 11) is 0. The molecular formula is C24H20N4O4. The lowest BCUT2D eigenvalue weighted by molar-refractivity contribution is -0.384. The van der Waals surface area contributed by atoms with Gasteiger partial charge in [-0.1, -0.05) is 60.7 Å². The van der Waals surface area contributed by atoms with Crippen LogP contribution in [0.4, 0.5) is 16.2 Å². The van der Waals surface area contributed by atoms with E-state index in [1.807, 2.05) is 54.6 Å². The van der Waals surface area contributed by atoms with Gasteiger partial charge >= 0.3 is 6.03 Å². The molecule has 3 amide bonds. The van der Waals surface area contributed by atoms with Gasteiger partial charge in [0, 0.05) is 23.5 Å². The lowest BCUT2D eigenvalue weighted by atomic mass is 9.93. The van der Waals surface area contributed by atoms with Gasteiger partial charge in [-0.2, -0.15) is 0 Å². The van der Waals surface area contributed by atoms with Gasteiger partial charge in [-0.05, 0) is 29.7 Å². The Bertz CT molecular complexity index is 1220. The van der Waals surface area contributed by atoms with E-state index in [4.69, 9.17) is 0 Å². The smallest absolute Gasteiger partial charge is 0.319 e. The summed E-state index contributed by atoms with van der Waals surface area (Å²) in [5, 5.41) is 19.1. The summed E-state index contributed by atoms with van der Waals surface area (Å²) in [6, 6.07) is 22.1. The third kappa shape index (κ3) is 4.34. The van der Waals surface area contributed by atoms with Gasteiger partial charge in [0.05, 0.1) is 16.5 Å². The molecule has 8 nitrogen and oxygen atoms in total. The van der Waals surface area contributed by atoms with Crippen molar-refractivity contribution >= 4 is 23.3 Å². The summed E-state index contributed by atoms with van der Waals surface area (Å²) in [6.45, 7) is 1.65. The molecule has 8 heteroatoms. The fourth-order valence-electron chi connectivity index (χ4n) is 3.64. The molecule has 0 saturated heterocycles. The Morgan fingerprint density at radius 1 is 0.969 bits per heavy atom. The van der Waals surface area contributed by atoms with E-state index >= 15 is 0 Å². The van der Waals surface area contributed by atoms with E-state index in [2.05, 4.69) is 16.0 Å². The van der Waals surface area contributed by atoms with Gasteiger partial charge < -0.3 is 16.0 Å². The largest absolute Gasteiger partial charge is 0.327 e. The summed E-state index contributed by atoms with van der Waals surface area (Å²) in [5.74, 6) is -0.465. The Morgan fingerprint density at radius 3 is 2.34 bits per heavy atom. The topological polar surface area (TPSA) is 113 Å². The van der Waals surface area contributed by atoms with Crippen LogP contribution in [0.15, 0.2) is 90.1 Å². The molecule has 1 aliphatic rings. The normalized spacial score (nSPS) is 15.5. The zero-order valence-corrected chi connectivity index (χ0v) is 17.2. The summed E-state index contributed by atoms with van der Waals surface area (Å²) in [5.41, 5.74) is 3.71. The average Bonchev–Trinajstić information content (AvgIpc) is 2.79. The minimum atomic E-state index is -0.674. The molecule has 3 N–H and O–H groups in total. The van der Waals surface area contributed by atoms with Crippen LogP contribution in [-0.2, 0) is 4.79 Å². The van der Waals surface area contributed by atoms with Gasteiger partial charge in [0.2, 0.25) is 0 Å². The number of allylic oxidation sites excluding steroid dienone is 1. The third-order valence-corrected chi connectivity index (χ3v) is 5.18. The first kappa shape index (κ1) is 20.8. The minimum Gasteiger partial charge on any atom is -0.327 e. The molecule has 32 heavy (non-hydrogen) atoms. The molecule has 0 radical (unpaired) electrons. The number of nitrogens with zero attached hydrogens (tertiary/aromatic N) is 1. The van der Waals surface area contributed by atoms with Gasteiger partial charge in [0.25, 0.3) is 11.6 Å². The quantitative estimate of drug-likeness (QED) is 0.409. The highest BCUT2D eigenvalue weighted by molar-refractivity contribution is 6.06. The molecule has 0 fully saturated rings. The molecule has 3 aromatic rings. The number of amides is 3. The molecule has 1 aliphatic heterocycles. The van der Waals surface area contributed by atoms with Crippen LogP contribution in [0.25, 0.3) is 11.1 Å². The number of rotatable bonds is 5. The predicted octanol–water partition coefficient (Wildman–Crippen LogP) is 4.53. The number of carbonyl (C=O) groups is 2. The first-order valence-electron chi connectivity index (χ1n) is 9.92. The van der Waals surface area contributed by atoms with Crippen LogP contribution in [-0.4, -0.2) is 16.9 Å². The van der Waals surface area contributed by atoms with Crippen molar-refractivity contribution in [1.82, 2.24) is 10.6 Å². The minimum absolute atomic E-state index is 0.128. The number of nitro groups is 1. The molecule has 160 valence electrons. The maximum Gasteiger partial charge on any atom is 0.319 e. The predicted molar refractivity (Wildman–Crippen MR) is 121 cm³/mol. The Kier molecular flexibility index (Phi) is 5.67. The Hall–Kier alpha value is -4.46. The molecule has 3 aromatic carbocycles. The molecule has 1 heterocycles. The number of non-ortho nitro benzene ring substituents is 1. The van der Waals surface area contributed by atoms with E-state index in [1.165, 1.54) is 18.2 Å². The number of nitrogens with one attached hydrogen (secondary N) is 3. The second kappa shape index (κ2) is 8.73. The summed E-state index contributed by atoms with van der Waals surface area (Å²) in [6.07, 6.45) is 0. The van der Waals surface area contributed by atoms with Crippen LogP contribution in [0.3, 0.4) is 0 Å². The lowest BCUT2D eigenvalue weighted by Gasteiger charge is -2.28. The second-order valence-corrected chi connectivity index (χ2v) is 7.32. The molecule has 0 saturated carbocycles. The van der Waals surface area contributed by atoms with Crippen molar-refractivity contribution in [1.29, 1.82) is 0 Å². The first-order chi connectivity index (χ1) is 15.4. The van der Waals surface area contributed by atoms with E-state index < -0.39 is 22.9 Å². The van der Waals surface area contributed by atoms with Crippen molar-refractivity contribution in [3.05, 3.63) is 106 Å². The van der Waals surface area contributed by atoms with Gasteiger partial charge in [0.15, 0.2) is 0 Å². The number of nitro benzene ring substituents is 1. The molecular weight excluding hydrogens is 408 g/mol. The zero-order chi connectivity index (χ0) is 22.7. The Balaban J connectivity index is 1.63. The standard InChI is InChI=1S/C24H20N4O4/c1-15-21(23(29)26-19-8-5-9-20(14-19)28(31)32)22(27-24(30)25-15)18-12-10-17(11-13-18)16-6-3-2-4-7-16/h2-14,22H,1H3,(H,26,29)(H2,25,27,30)/t22-/m1/s1. The monoisotopic (exact) mass is 428 g/mol. The number of anilines is 1. The molecule has 0 spiro atoms. The summed E-state index contributed by atoms with van der Waals surface area (Å²) >= 11 is 0. The van der Waals surface area contributed by atoms with Crippen molar-refractivity contribution in [3.63, 3.8) is 0 Å². The van der Waals surface area contributed by atoms with Crippen molar-refractivity contribution in [2.24, 2.45) is 0 Å². The van der Waals surface area contributed by atoms with Gasteiger partial charge in [-0.25, -0.2) is 4.79 Å². The van der Waals surface area contributed by atoms with E-state index in [-0.39, 0.29) is 5.69 Å². The average molecular weight is 428 g/mol.